The SMILES string of the molecule is Cc1nn(C)c(=O)n1-c1ccc(N=Cc2c(N)cc(C(F)(F)F)cc2C(=O)O)cc1. The number of alkyl halides is 3. The Kier molecular flexibility index (Phi) is 5.21. The fourth-order valence-corrected chi connectivity index (χ4v) is 2.87. The first kappa shape index (κ1) is 20.8. The van der Waals surface area contributed by atoms with Crippen molar-refractivity contribution in [3.63, 3.8) is 0 Å². The summed E-state index contributed by atoms with van der Waals surface area (Å²) < 4.78 is 41.3. The van der Waals surface area contributed by atoms with Gasteiger partial charge < -0.3 is 10.8 Å². The molecular formula is C19H16F3N5O3. The molecule has 0 aliphatic rings. The molecule has 0 fully saturated rings. The first-order valence-corrected chi connectivity index (χ1v) is 8.50. The van der Waals surface area contributed by atoms with Crippen LogP contribution in [-0.4, -0.2) is 31.6 Å². The smallest absolute Gasteiger partial charge is 0.416 e. The molecule has 0 saturated heterocycles. The van der Waals surface area contributed by atoms with Gasteiger partial charge in [-0.1, -0.05) is 0 Å². The third-order valence-electron chi connectivity index (χ3n) is 4.31. The van der Waals surface area contributed by atoms with Gasteiger partial charge in [0, 0.05) is 24.5 Å². The van der Waals surface area contributed by atoms with Crippen LogP contribution in [0.1, 0.15) is 27.3 Å². The van der Waals surface area contributed by atoms with E-state index in [0.29, 0.717) is 29.3 Å². The van der Waals surface area contributed by atoms with E-state index in [4.69, 9.17) is 5.73 Å². The van der Waals surface area contributed by atoms with Crippen LogP contribution in [0.25, 0.3) is 5.69 Å². The van der Waals surface area contributed by atoms with Crippen molar-refractivity contribution in [1.29, 1.82) is 0 Å². The van der Waals surface area contributed by atoms with Crippen LogP contribution in [0.2, 0.25) is 0 Å². The van der Waals surface area contributed by atoms with Crippen molar-refractivity contribution in [3.8, 4) is 5.69 Å². The molecule has 1 heterocycles. The molecule has 8 nitrogen and oxygen atoms in total. The second kappa shape index (κ2) is 7.50. The predicted octanol–water partition coefficient (Wildman–Crippen LogP) is 2.93. The Balaban J connectivity index is 1.96. The number of aromatic carboxylic acids is 1. The number of aryl methyl sites for hydroxylation is 2. The molecule has 2 aromatic carbocycles. The maximum absolute atomic E-state index is 12.9. The second-order valence-electron chi connectivity index (χ2n) is 6.39. The van der Waals surface area contributed by atoms with Crippen molar-refractivity contribution in [1.82, 2.24) is 14.3 Å². The number of nitrogens with two attached hydrogens (primary N) is 1. The lowest BCUT2D eigenvalue weighted by molar-refractivity contribution is -0.137. The highest BCUT2D eigenvalue weighted by Gasteiger charge is 2.32. The molecule has 3 rings (SSSR count). The summed E-state index contributed by atoms with van der Waals surface area (Å²) in [5, 5.41) is 13.3. The van der Waals surface area contributed by atoms with E-state index in [0.717, 1.165) is 6.21 Å². The highest BCUT2D eigenvalue weighted by molar-refractivity contribution is 6.03. The molecule has 156 valence electrons. The number of carbonyl (C=O) groups is 1. The van der Waals surface area contributed by atoms with Crippen LogP contribution in [0.15, 0.2) is 46.2 Å². The van der Waals surface area contributed by atoms with Crippen molar-refractivity contribution in [3.05, 3.63) is 69.4 Å². The minimum atomic E-state index is -4.73. The summed E-state index contributed by atoms with van der Waals surface area (Å²) in [6.45, 7) is 1.67. The molecule has 0 aliphatic heterocycles. The van der Waals surface area contributed by atoms with Crippen LogP contribution in [0.5, 0.6) is 0 Å². The number of nitrogens with zero attached hydrogens (tertiary/aromatic N) is 4. The van der Waals surface area contributed by atoms with Crippen LogP contribution in [0, 0.1) is 6.92 Å². The van der Waals surface area contributed by atoms with E-state index < -0.39 is 23.3 Å². The van der Waals surface area contributed by atoms with E-state index >= 15 is 0 Å². The van der Waals surface area contributed by atoms with E-state index in [2.05, 4.69) is 10.1 Å². The third kappa shape index (κ3) is 3.95. The van der Waals surface area contributed by atoms with Gasteiger partial charge in [0.1, 0.15) is 5.82 Å². The molecule has 0 saturated carbocycles. The second-order valence-corrected chi connectivity index (χ2v) is 6.39. The molecule has 0 unspecified atom stereocenters. The largest absolute Gasteiger partial charge is 0.478 e. The Morgan fingerprint density at radius 3 is 2.37 bits per heavy atom. The molecule has 0 bridgehead atoms. The summed E-state index contributed by atoms with van der Waals surface area (Å²) >= 11 is 0. The fourth-order valence-electron chi connectivity index (χ4n) is 2.87. The van der Waals surface area contributed by atoms with Crippen LogP contribution >= 0.6 is 0 Å². The van der Waals surface area contributed by atoms with Gasteiger partial charge in [0.25, 0.3) is 0 Å². The third-order valence-corrected chi connectivity index (χ3v) is 4.31. The van der Waals surface area contributed by atoms with Gasteiger partial charge in [-0.2, -0.15) is 18.3 Å². The molecule has 0 atom stereocenters. The maximum Gasteiger partial charge on any atom is 0.416 e. The molecule has 30 heavy (non-hydrogen) atoms. The van der Waals surface area contributed by atoms with E-state index in [1.54, 1.807) is 31.2 Å². The molecule has 0 aliphatic carbocycles. The molecule has 0 amide bonds. The Labute approximate surface area is 167 Å². The highest BCUT2D eigenvalue weighted by atomic mass is 19.4. The first-order chi connectivity index (χ1) is 14.0. The number of nitrogen functional groups attached to an aromatic ring is 1. The normalized spacial score (nSPS) is 11.9. The fraction of sp³-hybridized carbons (Fsp3) is 0.158. The lowest BCUT2D eigenvalue weighted by Crippen LogP contribution is -2.21. The lowest BCUT2D eigenvalue weighted by Gasteiger charge is -2.12. The zero-order valence-corrected chi connectivity index (χ0v) is 15.8. The number of carboxylic acids is 1. The number of rotatable bonds is 4. The Morgan fingerprint density at radius 1 is 1.23 bits per heavy atom. The molecule has 3 aromatic rings. The number of aromatic nitrogens is 3. The zero-order valence-electron chi connectivity index (χ0n) is 15.8. The maximum atomic E-state index is 12.9. The number of hydrogen-bond acceptors (Lipinski definition) is 5. The van der Waals surface area contributed by atoms with E-state index in [-0.39, 0.29) is 16.9 Å². The molecule has 11 heteroatoms. The lowest BCUT2D eigenvalue weighted by atomic mass is 10.0. The summed E-state index contributed by atoms with van der Waals surface area (Å²) in [6, 6.07) is 7.51. The van der Waals surface area contributed by atoms with Gasteiger partial charge in [-0.05, 0) is 43.3 Å². The monoisotopic (exact) mass is 419 g/mol. The highest BCUT2D eigenvalue weighted by Crippen LogP contribution is 2.33. The number of hydrogen-bond donors (Lipinski definition) is 2. The zero-order chi connectivity index (χ0) is 22.2. The van der Waals surface area contributed by atoms with E-state index in [1.165, 1.54) is 16.3 Å². The number of carboxylic acid groups (broad SMARTS) is 1. The van der Waals surface area contributed by atoms with Crippen LogP contribution in [0.4, 0.5) is 24.5 Å². The Hall–Kier alpha value is -3.89. The number of aliphatic imine (C=N–C) groups is 1. The quantitative estimate of drug-likeness (QED) is 0.498. The van der Waals surface area contributed by atoms with Crippen LogP contribution in [-0.2, 0) is 13.2 Å². The van der Waals surface area contributed by atoms with Crippen molar-refractivity contribution >= 4 is 23.6 Å². The number of benzene rings is 2. The molecule has 0 spiro atoms. The minimum Gasteiger partial charge on any atom is -0.478 e. The molecule has 0 radical (unpaired) electrons. The van der Waals surface area contributed by atoms with Gasteiger partial charge in [0.05, 0.1) is 22.5 Å². The number of halogens is 3. The van der Waals surface area contributed by atoms with Crippen LogP contribution in [0.3, 0.4) is 0 Å². The van der Waals surface area contributed by atoms with E-state index in [1.807, 2.05) is 0 Å². The average molecular weight is 419 g/mol. The van der Waals surface area contributed by atoms with Gasteiger partial charge in [0.15, 0.2) is 0 Å². The summed E-state index contributed by atoms with van der Waals surface area (Å²) in [7, 11) is 1.53. The summed E-state index contributed by atoms with van der Waals surface area (Å²) in [4.78, 5) is 27.6. The van der Waals surface area contributed by atoms with Crippen molar-refractivity contribution in [2.24, 2.45) is 12.0 Å². The summed E-state index contributed by atoms with van der Waals surface area (Å²) in [5.74, 6) is -1.07. The van der Waals surface area contributed by atoms with Gasteiger partial charge >= 0.3 is 17.8 Å². The molecule has 1 aromatic heterocycles. The van der Waals surface area contributed by atoms with E-state index in [9.17, 15) is 27.9 Å². The summed E-state index contributed by atoms with van der Waals surface area (Å²) in [6.07, 6.45) is -3.64. The molecule has 3 N–H and O–H groups in total. The van der Waals surface area contributed by atoms with Crippen molar-refractivity contribution in [2.45, 2.75) is 13.1 Å². The minimum absolute atomic E-state index is 0.140. The van der Waals surface area contributed by atoms with Gasteiger partial charge in [-0.3, -0.25) is 4.99 Å². The topological polar surface area (TPSA) is 116 Å². The predicted molar refractivity (Wildman–Crippen MR) is 104 cm³/mol. The average Bonchev–Trinajstić information content (AvgIpc) is 2.91. The Morgan fingerprint density at radius 2 is 1.87 bits per heavy atom. The van der Waals surface area contributed by atoms with Gasteiger partial charge in [-0.15, -0.1) is 0 Å². The Bertz CT molecular complexity index is 1210. The summed E-state index contributed by atoms with van der Waals surface area (Å²) in [5.41, 5.74) is 3.98. The standard InChI is InChI=1S/C19H16F3N5O3/c1-10-25-26(2)18(30)27(10)13-5-3-12(4-6-13)24-9-15-14(17(28)29)7-11(8-16(15)23)19(20,21)22/h3-9H,23H2,1-2H3,(H,28,29). The van der Waals surface area contributed by atoms with Crippen molar-refractivity contribution in [2.75, 3.05) is 5.73 Å². The first-order valence-electron chi connectivity index (χ1n) is 8.50. The number of anilines is 1. The van der Waals surface area contributed by atoms with Crippen molar-refractivity contribution < 1.29 is 23.1 Å². The van der Waals surface area contributed by atoms with Gasteiger partial charge in [-0.25, -0.2) is 18.8 Å². The van der Waals surface area contributed by atoms with Crippen LogP contribution < -0.4 is 11.4 Å². The molecular weight excluding hydrogens is 403 g/mol. The van der Waals surface area contributed by atoms with Gasteiger partial charge in [0.2, 0.25) is 0 Å².